The summed E-state index contributed by atoms with van der Waals surface area (Å²) in [6.45, 7) is 0. The van der Waals surface area contributed by atoms with Crippen molar-refractivity contribution in [3.8, 4) is 0 Å². The van der Waals surface area contributed by atoms with Crippen LogP contribution in [0.25, 0.3) is 10.8 Å². The molecule has 1 amide bonds. The average Bonchev–Trinajstić information content (AvgIpc) is 2.97. The van der Waals surface area contributed by atoms with Gasteiger partial charge in [0.25, 0.3) is 11.5 Å². The van der Waals surface area contributed by atoms with Crippen molar-refractivity contribution in [3.63, 3.8) is 0 Å². The number of thioether (sulfide) groups is 1. The number of rotatable bonds is 2. The molecule has 0 radical (unpaired) electrons. The fourth-order valence-corrected chi connectivity index (χ4v) is 3.41. The van der Waals surface area contributed by atoms with Gasteiger partial charge in [0, 0.05) is 11.1 Å². The number of aromatic nitrogens is 2. The number of benzene rings is 1. The number of hydrogen-bond donors (Lipinski definition) is 2. The van der Waals surface area contributed by atoms with E-state index in [1.807, 2.05) is 0 Å². The van der Waals surface area contributed by atoms with Crippen molar-refractivity contribution >= 4 is 34.4 Å². The maximum Gasteiger partial charge on any atom is 0.327 e. The smallest absolute Gasteiger partial charge is 0.327 e. The lowest BCUT2D eigenvalue weighted by molar-refractivity contribution is -0.140. The Labute approximate surface area is 123 Å². The molecule has 0 unspecified atom stereocenters. The topological polar surface area (TPSA) is 103 Å². The molecule has 7 nitrogen and oxygen atoms in total. The van der Waals surface area contributed by atoms with Gasteiger partial charge in [0.05, 0.1) is 11.3 Å². The van der Waals surface area contributed by atoms with Gasteiger partial charge in [-0.2, -0.15) is 5.10 Å². The Hall–Kier alpha value is -2.35. The molecule has 0 spiro atoms. The monoisotopic (exact) mass is 305 g/mol. The fourth-order valence-electron chi connectivity index (χ4n) is 2.26. The maximum absolute atomic E-state index is 12.6. The van der Waals surface area contributed by atoms with E-state index in [1.54, 1.807) is 24.3 Å². The van der Waals surface area contributed by atoms with Crippen molar-refractivity contribution in [1.82, 2.24) is 15.1 Å². The largest absolute Gasteiger partial charge is 0.480 e. The number of carboxylic acids is 1. The molecule has 2 aromatic rings. The van der Waals surface area contributed by atoms with Crippen LogP contribution < -0.4 is 5.56 Å². The van der Waals surface area contributed by atoms with Gasteiger partial charge < -0.3 is 10.0 Å². The Morgan fingerprint density at radius 1 is 1.33 bits per heavy atom. The van der Waals surface area contributed by atoms with Crippen molar-refractivity contribution < 1.29 is 14.7 Å². The van der Waals surface area contributed by atoms with Crippen molar-refractivity contribution in [3.05, 3.63) is 40.3 Å². The van der Waals surface area contributed by atoms with E-state index in [4.69, 9.17) is 5.11 Å². The Kier molecular flexibility index (Phi) is 3.38. The molecule has 2 N–H and O–H groups in total. The minimum atomic E-state index is -1.04. The number of carbonyl (C=O) groups is 2. The number of nitrogens with zero attached hydrogens (tertiary/aromatic N) is 2. The molecule has 8 heteroatoms. The van der Waals surface area contributed by atoms with E-state index >= 15 is 0 Å². The molecule has 1 saturated heterocycles. The van der Waals surface area contributed by atoms with E-state index in [1.165, 1.54) is 16.7 Å². The molecule has 21 heavy (non-hydrogen) atoms. The molecule has 1 fully saturated rings. The highest BCUT2D eigenvalue weighted by molar-refractivity contribution is 7.99. The molecule has 0 saturated carbocycles. The van der Waals surface area contributed by atoms with E-state index in [-0.39, 0.29) is 11.3 Å². The Balaban J connectivity index is 2.09. The van der Waals surface area contributed by atoms with Gasteiger partial charge >= 0.3 is 5.97 Å². The van der Waals surface area contributed by atoms with Crippen LogP contribution in [-0.2, 0) is 4.79 Å². The molecular formula is C13H11N3O4S. The highest BCUT2D eigenvalue weighted by Crippen LogP contribution is 2.24. The minimum Gasteiger partial charge on any atom is -0.480 e. The van der Waals surface area contributed by atoms with Crippen molar-refractivity contribution in [2.45, 2.75) is 6.04 Å². The zero-order chi connectivity index (χ0) is 15.0. The van der Waals surface area contributed by atoms with Crippen LogP contribution in [0.1, 0.15) is 10.5 Å². The molecule has 1 aromatic carbocycles. The van der Waals surface area contributed by atoms with E-state index in [9.17, 15) is 14.4 Å². The van der Waals surface area contributed by atoms with Gasteiger partial charge in [-0.05, 0) is 6.07 Å². The second-order valence-corrected chi connectivity index (χ2v) is 5.58. The van der Waals surface area contributed by atoms with Crippen LogP contribution in [0, 0.1) is 0 Å². The third-order valence-electron chi connectivity index (χ3n) is 3.33. The molecule has 1 aliphatic heterocycles. The van der Waals surface area contributed by atoms with Crippen LogP contribution in [-0.4, -0.2) is 49.8 Å². The van der Waals surface area contributed by atoms with Crippen molar-refractivity contribution in [2.24, 2.45) is 0 Å². The number of nitrogens with one attached hydrogen (secondary N) is 1. The van der Waals surface area contributed by atoms with Crippen molar-refractivity contribution in [1.29, 1.82) is 0 Å². The van der Waals surface area contributed by atoms with E-state index in [2.05, 4.69) is 10.2 Å². The van der Waals surface area contributed by atoms with E-state index < -0.39 is 17.9 Å². The molecule has 2 heterocycles. The molecule has 108 valence electrons. The lowest BCUT2D eigenvalue weighted by Gasteiger charge is -2.20. The second kappa shape index (κ2) is 5.21. The van der Waals surface area contributed by atoms with Gasteiger partial charge in [-0.15, -0.1) is 11.8 Å². The summed E-state index contributed by atoms with van der Waals surface area (Å²) < 4.78 is 0. The zero-order valence-electron chi connectivity index (χ0n) is 10.8. The number of amides is 1. The predicted molar refractivity (Wildman–Crippen MR) is 77.3 cm³/mol. The molecule has 1 aromatic heterocycles. The van der Waals surface area contributed by atoms with Gasteiger partial charge in [-0.25, -0.2) is 9.89 Å². The first-order valence-corrected chi connectivity index (χ1v) is 7.34. The van der Waals surface area contributed by atoms with E-state index in [0.29, 0.717) is 22.4 Å². The van der Waals surface area contributed by atoms with Crippen LogP contribution in [0.4, 0.5) is 0 Å². The summed E-state index contributed by atoms with van der Waals surface area (Å²) >= 11 is 1.37. The van der Waals surface area contributed by atoms with Gasteiger partial charge in [-0.3, -0.25) is 9.59 Å². The molecule has 1 atom stereocenters. The Bertz CT molecular complexity index is 788. The van der Waals surface area contributed by atoms with Crippen LogP contribution in [0.5, 0.6) is 0 Å². The standard InChI is InChI=1S/C13H11N3O4S/c17-11-8-4-2-1-3-7(8)10(14-15-11)12(18)16-6-21-5-9(16)13(19)20/h1-4,9H,5-6H2,(H,15,17)(H,19,20)/t9-/m0/s1. The van der Waals surface area contributed by atoms with Gasteiger partial charge in [-0.1, -0.05) is 18.2 Å². The number of hydrogen-bond acceptors (Lipinski definition) is 5. The predicted octanol–water partition coefficient (Wildman–Crippen LogP) is 0.523. The van der Waals surface area contributed by atoms with Crippen LogP contribution in [0.2, 0.25) is 0 Å². The first kappa shape index (κ1) is 13.6. The van der Waals surface area contributed by atoms with Crippen molar-refractivity contribution in [2.75, 3.05) is 11.6 Å². The fraction of sp³-hybridized carbons (Fsp3) is 0.231. The molecular weight excluding hydrogens is 294 g/mol. The minimum absolute atomic E-state index is 0.0685. The quantitative estimate of drug-likeness (QED) is 0.838. The molecule has 3 rings (SSSR count). The Morgan fingerprint density at radius 3 is 2.76 bits per heavy atom. The lowest BCUT2D eigenvalue weighted by atomic mass is 10.1. The zero-order valence-corrected chi connectivity index (χ0v) is 11.6. The number of fused-ring (bicyclic) bond motifs is 1. The summed E-state index contributed by atoms with van der Waals surface area (Å²) in [7, 11) is 0. The third-order valence-corrected chi connectivity index (χ3v) is 4.34. The SMILES string of the molecule is O=C(O)[C@@H]1CSCN1C(=O)c1n[nH]c(=O)c2ccccc12. The summed E-state index contributed by atoms with van der Waals surface area (Å²) in [4.78, 5) is 36.7. The molecule has 0 bridgehead atoms. The van der Waals surface area contributed by atoms with Gasteiger partial charge in [0.1, 0.15) is 6.04 Å². The maximum atomic E-state index is 12.6. The number of aliphatic carboxylic acids is 1. The van der Waals surface area contributed by atoms with E-state index in [0.717, 1.165) is 0 Å². The second-order valence-electron chi connectivity index (χ2n) is 4.58. The van der Waals surface area contributed by atoms with Crippen LogP contribution in [0.15, 0.2) is 29.1 Å². The van der Waals surface area contributed by atoms with Gasteiger partial charge in [0.15, 0.2) is 5.69 Å². The number of carbonyl (C=O) groups excluding carboxylic acids is 1. The first-order valence-electron chi connectivity index (χ1n) is 6.18. The molecule has 0 aliphatic carbocycles. The highest BCUT2D eigenvalue weighted by atomic mass is 32.2. The first-order chi connectivity index (χ1) is 10.1. The number of aromatic amines is 1. The summed E-state index contributed by atoms with van der Waals surface area (Å²) in [5, 5.41) is 16.0. The Morgan fingerprint density at radius 2 is 2.05 bits per heavy atom. The summed E-state index contributed by atoms with van der Waals surface area (Å²) in [5.74, 6) is -0.880. The summed E-state index contributed by atoms with van der Waals surface area (Å²) in [6.07, 6.45) is 0. The summed E-state index contributed by atoms with van der Waals surface area (Å²) in [6, 6.07) is 5.75. The normalized spacial score (nSPS) is 18.1. The van der Waals surface area contributed by atoms with Crippen LogP contribution in [0.3, 0.4) is 0 Å². The van der Waals surface area contributed by atoms with Crippen LogP contribution >= 0.6 is 11.8 Å². The highest BCUT2D eigenvalue weighted by Gasteiger charge is 2.36. The molecule has 1 aliphatic rings. The number of H-pyrrole nitrogens is 1. The lowest BCUT2D eigenvalue weighted by Crippen LogP contribution is -2.42. The average molecular weight is 305 g/mol. The summed E-state index contributed by atoms with van der Waals surface area (Å²) in [5.41, 5.74) is -0.313. The van der Waals surface area contributed by atoms with Gasteiger partial charge in [0.2, 0.25) is 0 Å². The third kappa shape index (κ3) is 2.27. The number of carboxylic acid groups (broad SMARTS) is 1.